The molecule has 0 radical (unpaired) electrons. The lowest BCUT2D eigenvalue weighted by Gasteiger charge is -2.06. The normalized spacial score (nSPS) is 12.4. The predicted molar refractivity (Wildman–Crippen MR) is 106 cm³/mol. The van der Waals surface area contributed by atoms with Crippen LogP contribution in [-0.2, 0) is 19.3 Å². The van der Waals surface area contributed by atoms with E-state index in [4.69, 9.17) is 6.42 Å². The van der Waals surface area contributed by atoms with E-state index >= 15 is 0 Å². The second-order valence-corrected chi connectivity index (χ2v) is 6.56. The molecule has 0 saturated heterocycles. The highest BCUT2D eigenvalue weighted by atomic mass is 14.2. The third-order valence-electron chi connectivity index (χ3n) is 4.89. The number of fused-ring (bicyclic) bond motifs is 1. The molecule has 0 spiro atoms. The van der Waals surface area contributed by atoms with Gasteiger partial charge in [0.1, 0.15) is 0 Å². The average Bonchev–Trinajstić information content (AvgIpc) is 3.10. The smallest absolute Gasteiger partial charge is 0.0317 e. The molecule has 0 atom stereocenters. The maximum Gasteiger partial charge on any atom is 0.0317 e. The van der Waals surface area contributed by atoms with Crippen molar-refractivity contribution in [2.45, 2.75) is 19.3 Å². The van der Waals surface area contributed by atoms with E-state index in [2.05, 4.69) is 72.7 Å². The molecule has 1 aliphatic rings. The van der Waals surface area contributed by atoms with Gasteiger partial charge < -0.3 is 0 Å². The Hall–Kier alpha value is -3.04. The minimum absolute atomic E-state index is 0.965. The van der Waals surface area contributed by atoms with Crippen LogP contribution in [0.1, 0.15) is 33.4 Å². The first kappa shape index (κ1) is 15.5. The minimum atomic E-state index is 0.965. The fourth-order valence-electron chi connectivity index (χ4n) is 3.53. The summed E-state index contributed by atoms with van der Waals surface area (Å²) in [6, 6.07) is 25.8. The van der Waals surface area contributed by atoms with Crippen LogP contribution in [0.4, 0.5) is 0 Å². The Labute approximate surface area is 149 Å². The minimum Gasteiger partial charge on any atom is -0.115 e. The lowest BCUT2D eigenvalue weighted by molar-refractivity contribution is 0.958. The summed E-state index contributed by atoms with van der Waals surface area (Å²) in [6.45, 7) is 0. The third kappa shape index (κ3) is 3.28. The standard InChI is InChI=1S/C25H20/c1-2-21-10-6-7-11-25(21)24-17-22-15-14-20(16-23(22)18-24)13-12-19-8-4-3-5-9-19/h1,3-11,14-16,18H,12-13,17H2. The maximum atomic E-state index is 5.67. The predicted octanol–water partition coefficient (Wildman–Crippen LogP) is 5.55. The van der Waals surface area contributed by atoms with Crippen molar-refractivity contribution in [2.75, 3.05) is 0 Å². The summed E-state index contributed by atoms with van der Waals surface area (Å²) in [5.41, 5.74) is 9.01. The van der Waals surface area contributed by atoms with Crippen LogP contribution >= 0.6 is 0 Å². The Kier molecular flexibility index (Phi) is 4.23. The van der Waals surface area contributed by atoms with Gasteiger partial charge in [-0.2, -0.15) is 0 Å². The first-order valence-electron chi connectivity index (χ1n) is 8.76. The fourth-order valence-corrected chi connectivity index (χ4v) is 3.53. The fraction of sp³-hybridized carbons (Fsp3) is 0.120. The van der Waals surface area contributed by atoms with Crippen molar-refractivity contribution >= 4 is 11.6 Å². The molecular weight excluding hydrogens is 300 g/mol. The van der Waals surface area contributed by atoms with Gasteiger partial charge in [-0.3, -0.25) is 0 Å². The molecule has 0 unspecified atom stereocenters. The lowest BCUT2D eigenvalue weighted by Crippen LogP contribution is -1.93. The van der Waals surface area contributed by atoms with Crippen LogP contribution in [-0.4, -0.2) is 0 Å². The highest BCUT2D eigenvalue weighted by Crippen LogP contribution is 2.33. The van der Waals surface area contributed by atoms with Crippen LogP contribution < -0.4 is 0 Å². The Morgan fingerprint density at radius 2 is 1.56 bits per heavy atom. The van der Waals surface area contributed by atoms with Crippen molar-refractivity contribution < 1.29 is 0 Å². The SMILES string of the molecule is C#Cc1ccccc1C1=Cc2cc(CCc3ccccc3)ccc2C1. The van der Waals surface area contributed by atoms with E-state index in [1.807, 2.05) is 12.1 Å². The van der Waals surface area contributed by atoms with Crippen molar-refractivity contribution in [2.24, 2.45) is 0 Å². The second-order valence-electron chi connectivity index (χ2n) is 6.56. The molecule has 3 aromatic carbocycles. The van der Waals surface area contributed by atoms with E-state index in [9.17, 15) is 0 Å². The quantitative estimate of drug-likeness (QED) is 0.553. The van der Waals surface area contributed by atoms with Crippen molar-refractivity contribution in [1.29, 1.82) is 0 Å². The summed E-state index contributed by atoms with van der Waals surface area (Å²) >= 11 is 0. The molecule has 0 saturated carbocycles. The highest BCUT2D eigenvalue weighted by Gasteiger charge is 2.16. The van der Waals surface area contributed by atoms with Crippen LogP contribution in [0.15, 0.2) is 72.8 Å². The van der Waals surface area contributed by atoms with Gasteiger partial charge in [-0.1, -0.05) is 78.7 Å². The zero-order valence-electron chi connectivity index (χ0n) is 14.2. The van der Waals surface area contributed by atoms with Gasteiger partial charge in [0.15, 0.2) is 0 Å². The van der Waals surface area contributed by atoms with Gasteiger partial charge in [-0.15, -0.1) is 6.42 Å². The van der Waals surface area contributed by atoms with Crippen molar-refractivity contribution in [3.63, 3.8) is 0 Å². The largest absolute Gasteiger partial charge is 0.115 e. The molecule has 0 amide bonds. The van der Waals surface area contributed by atoms with Crippen molar-refractivity contribution in [3.05, 3.63) is 106 Å². The summed E-state index contributed by atoms with van der Waals surface area (Å²) in [4.78, 5) is 0. The van der Waals surface area contributed by atoms with Gasteiger partial charge in [0.05, 0.1) is 0 Å². The summed E-state index contributed by atoms with van der Waals surface area (Å²) in [7, 11) is 0. The maximum absolute atomic E-state index is 5.67. The zero-order chi connectivity index (χ0) is 17.1. The second kappa shape index (κ2) is 6.83. The molecule has 0 aromatic heterocycles. The zero-order valence-corrected chi connectivity index (χ0v) is 14.2. The van der Waals surface area contributed by atoms with Gasteiger partial charge in [-0.05, 0) is 58.7 Å². The van der Waals surface area contributed by atoms with Gasteiger partial charge >= 0.3 is 0 Å². The van der Waals surface area contributed by atoms with E-state index in [1.165, 1.54) is 33.4 Å². The van der Waals surface area contributed by atoms with Gasteiger partial charge in [0.25, 0.3) is 0 Å². The number of terminal acetylenes is 1. The van der Waals surface area contributed by atoms with Gasteiger partial charge in [0, 0.05) is 5.56 Å². The van der Waals surface area contributed by atoms with Crippen LogP contribution in [0.25, 0.3) is 11.6 Å². The number of allylic oxidation sites excluding steroid dienone is 1. The van der Waals surface area contributed by atoms with Crippen LogP contribution in [0.3, 0.4) is 0 Å². The van der Waals surface area contributed by atoms with Crippen molar-refractivity contribution in [1.82, 2.24) is 0 Å². The summed E-state index contributed by atoms with van der Waals surface area (Å²) in [6.07, 6.45) is 11.1. The Morgan fingerprint density at radius 1 is 0.800 bits per heavy atom. The molecule has 0 aliphatic heterocycles. The lowest BCUT2D eigenvalue weighted by atomic mass is 9.98. The third-order valence-corrected chi connectivity index (χ3v) is 4.89. The Balaban J connectivity index is 1.56. The van der Waals surface area contributed by atoms with E-state index < -0.39 is 0 Å². The van der Waals surface area contributed by atoms with E-state index in [-0.39, 0.29) is 0 Å². The number of rotatable bonds is 4. The Morgan fingerprint density at radius 3 is 2.40 bits per heavy atom. The number of benzene rings is 3. The molecule has 3 aromatic rings. The summed E-state index contributed by atoms with van der Waals surface area (Å²) < 4.78 is 0. The monoisotopic (exact) mass is 320 g/mol. The molecule has 0 nitrogen and oxygen atoms in total. The van der Waals surface area contributed by atoms with E-state index in [0.29, 0.717) is 0 Å². The molecule has 0 heterocycles. The van der Waals surface area contributed by atoms with E-state index in [1.54, 1.807) is 0 Å². The average molecular weight is 320 g/mol. The first-order chi connectivity index (χ1) is 12.3. The number of hydrogen-bond acceptors (Lipinski definition) is 0. The molecule has 0 N–H and O–H groups in total. The number of aryl methyl sites for hydroxylation is 2. The van der Waals surface area contributed by atoms with E-state index in [0.717, 1.165) is 24.8 Å². The first-order valence-corrected chi connectivity index (χ1v) is 8.76. The highest BCUT2D eigenvalue weighted by molar-refractivity contribution is 5.90. The molecule has 4 rings (SSSR count). The molecule has 120 valence electrons. The van der Waals surface area contributed by atoms with Crippen LogP contribution in [0, 0.1) is 12.3 Å². The van der Waals surface area contributed by atoms with Gasteiger partial charge in [-0.25, -0.2) is 0 Å². The molecule has 0 heteroatoms. The van der Waals surface area contributed by atoms with Crippen molar-refractivity contribution in [3.8, 4) is 12.3 Å². The molecule has 0 bridgehead atoms. The Bertz CT molecular complexity index is 968. The molecule has 0 fully saturated rings. The molecule has 25 heavy (non-hydrogen) atoms. The molecular formula is C25H20. The van der Waals surface area contributed by atoms with Gasteiger partial charge in [0.2, 0.25) is 0 Å². The summed E-state index contributed by atoms with van der Waals surface area (Å²) in [5, 5.41) is 0. The molecule has 1 aliphatic carbocycles. The number of hydrogen-bond donors (Lipinski definition) is 0. The van der Waals surface area contributed by atoms with Crippen LogP contribution in [0.2, 0.25) is 0 Å². The summed E-state index contributed by atoms with van der Waals surface area (Å²) in [5.74, 6) is 2.81. The topological polar surface area (TPSA) is 0 Å². The van der Waals surface area contributed by atoms with Crippen LogP contribution in [0.5, 0.6) is 0 Å².